The molecule has 0 aliphatic heterocycles. The summed E-state index contributed by atoms with van der Waals surface area (Å²) in [6.45, 7) is 0.108. The van der Waals surface area contributed by atoms with Gasteiger partial charge in [-0.25, -0.2) is 13.1 Å². The second-order valence-corrected chi connectivity index (χ2v) is 7.64. The Morgan fingerprint density at radius 2 is 2.09 bits per heavy atom. The lowest BCUT2D eigenvalue weighted by atomic mass is 10.2. The molecule has 116 valence electrons. The Hall–Kier alpha value is -1.67. The highest BCUT2D eigenvalue weighted by Gasteiger charge is 2.21. The van der Waals surface area contributed by atoms with E-state index < -0.39 is 16.1 Å². The van der Waals surface area contributed by atoms with Crippen molar-refractivity contribution in [2.75, 3.05) is 13.7 Å². The van der Waals surface area contributed by atoms with Gasteiger partial charge in [-0.15, -0.1) is 11.3 Å². The molecule has 7 heteroatoms. The second kappa shape index (κ2) is 6.21. The van der Waals surface area contributed by atoms with Crippen molar-refractivity contribution in [1.29, 1.82) is 0 Å². The molecule has 5 nitrogen and oxygen atoms in total. The van der Waals surface area contributed by atoms with Crippen molar-refractivity contribution in [3.63, 3.8) is 0 Å². The van der Waals surface area contributed by atoms with Crippen molar-refractivity contribution in [1.82, 2.24) is 4.72 Å². The first kappa shape index (κ1) is 15.2. The van der Waals surface area contributed by atoms with Gasteiger partial charge in [-0.2, -0.15) is 0 Å². The van der Waals surface area contributed by atoms with E-state index in [1.807, 2.05) is 30.3 Å². The van der Waals surface area contributed by atoms with Crippen molar-refractivity contribution in [3.8, 4) is 0 Å². The molecule has 0 bridgehead atoms. The number of hydrogen-bond donors (Lipinski definition) is 1. The monoisotopic (exact) mass is 337 g/mol. The summed E-state index contributed by atoms with van der Waals surface area (Å²) >= 11 is 1.17. The number of nitrogens with one attached hydrogen (secondary N) is 1. The minimum atomic E-state index is -3.51. The largest absolute Gasteiger partial charge is 0.458 e. The quantitative estimate of drug-likeness (QED) is 0.750. The van der Waals surface area contributed by atoms with Gasteiger partial charge < -0.3 is 9.15 Å². The van der Waals surface area contributed by atoms with Crippen LogP contribution in [0.2, 0.25) is 0 Å². The van der Waals surface area contributed by atoms with Gasteiger partial charge >= 0.3 is 0 Å². The molecule has 0 aliphatic carbocycles. The zero-order valence-corrected chi connectivity index (χ0v) is 13.5. The minimum absolute atomic E-state index is 0.108. The number of thiophene rings is 1. The molecule has 22 heavy (non-hydrogen) atoms. The number of benzene rings is 1. The molecular weight excluding hydrogens is 322 g/mol. The van der Waals surface area contributed by atoms with E-state index in [4.69, 9.17) is 9.15 Å². The van der Waals surface area contributed by atoms with Crippen LogP contribution < -0.4 is 4.72 Å². The summed E-state index contributed by atoms with van der Waals surface area (Å²) in [5.41, 5.74) is 0.751. The summed E-state index contributed by atoms with van der Waals surface area (Å²) in [5, 5.41) is 2.68. The first-order valence-corrected chi connectivity index (χ1v) is 9.01. The molecule has 1 atom stereocenters. The second-order valence-electron chi connectivity index (χ2n) is 4.69. The third-order valence-electron chi connectivity index (χ3n) is 3.27. The maximum Gasteiger partial charge on any atom is 0.250 e. The van der Waals surface area contributed by atoms with Gasteiger partial charge in [-0.1, -0.05) is 24.3 Å². The summed E-state index contributed by atoms with van der Waals surface area (Å²) in [4.78, 5) is 0. The van der Waals surface area contributed by atoms with Crippen LogP contribution in [0.25, 0.3) is 11.0 Å². The molecule has 0 saturated carbocycles. The molecule has 1 unspecified atom stereocenters. The van der Waals surface area contributed by atoms with Crippen LogP contribution in [0, 0.1) is 0 Å². The number of ether oxygens (including phenoxy) is 1. The van der Waals surface area contributed by atoms with Crippen LogP contribution in [-0.4, -0.2) is 22.1 Å². The normalized spacial score (nSPS) is 13.5. The fourth-order valence-electron chi connectivity index (χ4n) is 2.13. The Morgan fingerprint density at radius 3 is 2.77 bits per heavy atom. The molecule has 3 aromatic rings. The molecule has 0 saturated heterocycles. The number of para-hydroxylation sites is 1. The lowest BCUT2D eigenvalue weighted by molar-refractivity contribution is 0.0894. The van der Waals surface area contributed by atoms with E-state index in [0.29, 0.717) is 5.76 Å². The van der Waals surface area contributed by atoms with Gasteiger partial charge in [-0.05, 0) is 23.6 Å². The Bertz CT molecular complexity index is 820. The zero-order valence-electron chi connectivity index (χ0n) is 11.9. The smallest absolute Gasteiger partial charge is 0.250 e. The number of hydrogen-bond acceptors (Lipinski definition) is 5. The van der Waals surface area contributed by atoms with Gasteiger partial charge in [0.05, 0.1) is 0 Å². The standard InChI is InChI=1S/C15H15NO4S2/c1-19-14(10-16-22(17,18)15-7-4-8-21-15)13-9-11-5-2-3-6-12(11)20-13/h2-9,14,16H,10H2,1H3. The van der Waals surface area contributed by atoms with Crippen molar-refractivity contribution < 1.29 is 17.6 Å². The van der Waals surface area contributed by atoms with E-state index in [1.54, 1.807) is 17.5 Å². The molecule has 0 spiro atoms. The van der Waals surface area contributed by atoms with E-state index in [2.05, 4.69) is 4.72 Å². The first-order chi connectivity index (χ1) is 10.6. The lowest BCUT2D eigenvalue weighted by Crippen LogP contribution is -2.28. The summed E-state index contributed by atoms with van der Waals surface area (Å²) in [6, 6.07) is 12.7. The fraction of sp³-hybridized carbons (Fsp3) is 0.200. The number of methoxy groups -OCH3 is 1. The van der Waals surface area contributed by atoms with E-state index in [0.717, 1.165) is 11.0 Å². The zero-order chi connectivity index (χ0) is 15.6. The van der Waals surface area contributed by atoms with Crippen LogP contribution >= 0.6 is 11.3 Å². The van der Waals surface area contributed by atoms with E-state index >= 15 is 0 Å². The lowest BCUT2D eigenvalue weighted by Gasteiger charge is -2.13. The van der Waals surface area contributed by atoms with Crippen molar-refractivity contribution >= 4 is 32.3 Å². The summed E-state index contributed by atoms with van der Waals surface area (Å²) in [5.74, 6) is 0.595. The molecule has 0 fully saturated rings. The summed E-state index contributed by atoms with van der Waals surface area (Å²) < 4.78 is 38.2. The molecular formula is C15H15NO4S2. The van der Waals surface area contributed by atoms with Crippen LogP contribution in [0.15, 0.2) is 56.5 Å². The molecule has 1 N–H and O–H groups in total. The number of rotatable bonds is 6. The molecule has 2 heterocycles. The van der Waals surface area contributed by atoms with Gasteiger partial charge in [0, 0.05) is 19.0 Å². The van der Waals surface area contributed by atoms with Gasteiger partial charge in [-0.3, -0.25) is 0 Å². The number of sulfonamides is 1. The SMILES string of the molecule is COC(CNS(=O)(=O)c1cccs1)c1cc2ccccc2o1. The topological polar surface area (TPSA) is 68.5 Å². The average molecular weight is 337 g/mol. The number of fused-ring (bicyclic) bond motifs is 1. The van der Waals surface area contributed by atoms with E-state index in [1.165, 1.54) is 18.4 Å². The van der Waals surface area contributed by atoms with Gasteiger partial charge in [0.2, 0.25) is 10.0 Å². The molecule has 3 rings (SSSR count). The minimum Gasteiger partial charge on any atom is -0.458 e. The highest BCUT2D eigenvalue weighted by atomic mass is 32.2. The maximum absolute atomic E-state index is 12.1. The predicted molar refractivity (Wildman–Crippen MR) is 85.5 cm³/mol. The maximum atomic E-state index is 12.1. The molecule has 0 radical (unpaired) electrons. The van der Waals surface area contributed by atoms with Gasteiger partial charge in [0.15, 0.2) is 0 Å². The third-order valence-corrected chi connectivity index (χ3v) is 6.09. The number of furan rings is 1. The Morgan fingerprint density at radius 1 is 1.27 bits per heavy atom. The summed E-state index contributed by atoms with van der Waals surface area (Å²) in [7, 11) is -1.99. The van der Waals surface area contributed by atoms with E-state index in [9.17, 15) is 8.42 Å². The van der Waals surface area contributed by atoms with Crippen molar-refractivity contribution in [2.24, 2.45) is 0 Å². The van der Waals surface area contributed by atoms with Crippen molar-refractivity contribution in [3.05, 3.63) is 53.6 Å². The van der Waals surface area contributed by atoms with Crippen LogP contribution in [-0.2, 0) is 14.8 Å². The predicted octanol–water partition coefficient (Wildman–Crippen LogP) is 3.16. The van der Waals surface area contributed by atoms with Crippen LogP contribution in [0.5, 0.6) is 0 Å². The third kappa shape index (κ3) is 3.07. The molecule has 0 aliphatic rings. The fourth-order valence-corrected chi connectivity index (χ4v) is 4.20. The summed E-state index contributed by atoms with van der Waals surface area (Å²) in [6.07, 6.45) is -0.484. The average Bonchev–Trinajstić information content (AvgIpc) is 3.17. The molecule has 0 amide bonds. The van der Waals surface area contributed by atoms with Gasteiger partial charge in [0.1, 0.15) is 21.7 Å². The Balaban J connectivity index is 1.77. The highest BCUT2D eigenvalue weighted by molar-refractivity contribution is 7.91. The Labute approximate surface area is 132 Å². The van der Waals surface area contributed by atoms with Crippen molar-refractivity contribution in [2.45, 2.75) is 10.3 Å². The molecule has 1 aromatic carbocycles. The van der Waals surface area contributed by atoms with Crippen LogP contribution in [0.1, 0.15) is 11.9 Å². The first-order valence-electron chi connectivity index (χ1n) is 6.64. The van der Waals surface area contributed by atoms with E-state index in [-0.39, 0.29) is 10.8 Å². The highest BCUT2D eigenvalue weighted by Crippen LogP contribution is 2.25. The molecule has 2 aromatic heterocycles. The van der Waals surface area contributed by atoms with Crippen LogP contribution in [0.3, 0.4) is 0 Å². The Kier molecular flexibility index (Phi) is 4.30. The van der Waals surface area contributed by atoms with Gasteiger partial charge in [0.25, 0.3) is 0 Å². The van der Waals surface area contributed by atoms with Crippen LogP contribution in [0.4, 0.5) is 0 Å².